The van der Waals surface area contributed by atoms with Crippen molar-refractivity contribution in [2.24, 2.45) is 5.73 Å². The normalized spacial score (nSPS) is 15.7. The van der Waals surface area contributed by atoms with Gasteiger partial charge in [-0.2, -0.15) is 0 Å². The summed E-state index contributed by atoms with van der Waals surface area (Å²) in [7, 11) is 0. The first-order valence-electron chi connectivity index (χ1n) is 3.80. The molecule has 2 nitrogen and oxygen atoms in total. The first-order valence-corrected chi connectivity index (χ1v) is 4.18. The van der Waals surface area contributed by atoms with E-state index in [9.17, 15) is 5.11 Å². The fourth-order valence-corrected chi connectivity index (χ4v) is 1.19. The van der Waals surface area contributed by atoms with Crippen molar-refractivity contribution in [3.8, 4) is 0 Å². The standard InChI is InChI=1S/C9H12ClNO/c1-6(12)9(11)7-3-2-4-8(10)5-7/h2-6,9,12H,11H2,1H3/t6-,9-/m1/s1. The van der Waals surface area contributed by atoms with Crippen LogP contribution in [0.3, 0.4) is 0 Å². The fraction of sp³-hybridized carbons (Fsp3) is 0.333. The van der Waals surface area contributed by atoms with Gasteiger partial charge in [0.05, 0.1) is 12.1 Å². The van der Waals surface area contributed by atoms with Gasteiger partial charge in [-0.05, 0) is 24.6 Å². The third kappa shape index (κ3) is 2.21. The molecule has 1 aromatic carbocycles. The van der Waals surface area contributed by atoms with E-state index in [0.717, 1.165) is 5.56 Å². The summed E-state index contributed by atoms with van der Waals surface area (Å²) in [6.07, 6.45) is -0.552. The molecule has 0 amide bonds. The van der Waals surface area contributed by atoms with Gasteiger partial charge in [-0.25, -0.2) is 0 Å². The van der Waals surface area contributed by atoms with Crippen molar-refractivity contribution < 1.29 is 5.11 Å². The molecule has 0 heterocycles. The van der Waals surface area contributed by atoms with Crippen molar-refractivity contribution in [2.45, 2.75) is 19.1 Å². The second-order valence-electron chi connectivity index (χ2n) is 2.82. The topological polar surface area (TPSA) is 46.2 Å². The molecule has 3 N–H and O–H groups in total. The molecule has 0 radical (unpaired) electrons. The van der Waals surface area contributed by atoms with E-state index >= 15 is 0 Å². The number of aliphatic hydroxyl groups excluding tert-OH is 1. The van der Waals surface area contributed by atoms with Crippen LogP contribution >= 0.6 is 11.6 Å². The quantitative estimate of drug-likeness (QED) is 0.737. The molecular weight excluding hydrogens is 174 g/mol. The van der Waals surface area contributed by atoms with Gasteiger partial charge >= 0.3 is 0 Å². The molecule has 2 atom stereocenters. The lowest BCUT2D eigenvalue weighted by Gasteiger charge is -2.14. The summed E-state index contributed by atoms with van der Waals surface area (Å²) in [5.74, 6) is 0. The summed E-state index contributed by atoms with van der Waals surface area (Å²) >= 11 is 5.76. The Balaban J connectivity index is 2.88. The molecule has 0 unspecified atom stereocenters. The lowest BCUT2D eigenvalue weighted by molar-refractivity contribution is 0.164. The van der Waals surface area contributed by atoms with Crippen LogP contribution in [0.15, 0.2) is 24.3 Å². The van der Waals surface area contributed by atoms with Gasteiger partial charge in [0.2, 0.25) is 0 Å². The SMILES string of the molecule is C[C@@H](O)[C@@H](N)c1cccc(Cl)c1. The monoisotopic (exact) mass is 185 g/mol. The van der Waals surface area contributed by atoms with Crippen molar-refractivity contribution in [1.29, 1.82) is 0 Å². The second kappa shape index (κ2) is 3.90. The van der Waals surface area contributed by atoms with Crippen LogP contribution in [0.4, 0.5) is 0 Å². The largest absolute Gasteiger partial charge is 0.391 e. The van der Waals surface area contributed by atoms with Crippen LogP contribution in [0.2, 0.25) is 5.02 Å². The average Bonchev–Trinajstić information content (AvgIpc) is 2.03. The Labute approximate surface area is 77.0 Å². The van der Waals surface area contributed by atoms with Gasteiger partial charge in [0.25, 0.3) is 0 Å². The minimum atomic E-state index is -0.552. The van der Waals surface area contributed by atoms with E-state index < -0.39 is 6.10 Å². The Morgan fingerprint density at radius 3 is 2.67 bits per heavy atom. The Bertz CT molecular complexity index is 262. The molecule has 0 aliphatic heterocycles. The van der Waals surface area contributed by atoms with Gasteiger partial charge in [-0.15, -0.1) is 0 Å². The molecule has 1 aromatic rings. The van der Waals surface area contributed by atoms with E-state index in [1.165, 1.54) is 0 Å². The van der Waals surface area contributed by atoms with Gasteiger partial charge in [-0.3, -0.25) is 0 Å². The number of hydrogen-bond acceptors (Lipinski definition) is 2. The number of aliphatic hydroxyl groups is 1. The summed E-state index contributed by atoms with van der Waals surface area (Å²) in [5.41, 5.74) is 6.56. The molecule has 12 heavy (non-hydrogen) atoms. The van der Waals surface area contributed by atoms with Crippen LogP contribution in [-0.4, -0.2) is 11.2 Å². The van der Waals surface area contributed by atoms with Crippen molar-refractivity contribution in [3.05, 3.63) is 34.9 Å². The zero-order valence-corrected chi connectivity index (χ0v) is 7.62. The van der Waals surface area contributed by atoms with Crippen molar-refractivity contribution in [2.75, 3.05) is 0 Å². The smallest absolute Gasteiger partial charge is 0.0704 e. The van der Waals surface area contributed by atoms with E-state index in [1.54, 1.807) is 19.1 Å². The highest BCUT2D eigenvalue weighted by Gasteiger charge is 2.11. The van der Waals surface area contributed by atoms with Crippen molar-refractivity contribution in [3.63, 3.8) is 0 Å². The maximum absolute atomic E-state index is 9.20. The summed E-state index contributed by atoms with van der Waals surface area (Å²) in [6, 6.07) is 6.85. The molecule has 0 saturated heterocycles. The second-order valence-corrected chi connectivity index (χ2v) is 3.26. The van der Waals surface area contributed by atoms with E-state index in [1.807, 2.05) is 12.1 Å². The molecule has 0 spiro atoms. The number of halogens is 1. The molecule has 1 rings (SSSR count). The lowest BCUT2D eigenvalue weighted by Crippen LogP contribution is -2.22. The average molecular weight is 186 g/mol. The lowest BCUT2D eigenvalue weighted by atomic mass is 10.0. The molecule has 66 valence electrons. The van der Waals surface area contributed by atoms with Crippen molar-refractivity contribution in [1.82, 2.24) is 0 Å². The summed E-state index contributed by atoms with van der Waals surface area (Å²) in [6.45, 7) is 1.66. The predicted octanol–water partition coefficient (Wildman–Crippen LogP) is 1.72. The van der Waals surface area contributed by atoms with Gasteiger partial charge in [0.15, 0.2) is 0 Å². The number of nitrogens with two attached hydrogens (primary N) is 1. The third-order valence-corrected chi connectivity index (χ3v) is 1.99. The summed E-state index contributed by atoms with van der Waals surface area (Å²) in [4.78, 5) is 0. The number of benzene rings is 1. The Kier molecular flexibility index (Phi) is 3.09. The fourth-order valence-electron chi connectivity index (χ4n) is 0.992. The van der Waals surface area contributed by atoms with Crippen LogP contribution in [0.5, 0.6) is 0 Å². The highest BCUT2D eigenvalue weighted by Crippen LogP contribution is 2.18. The van der Waals surface area contributed by atoms with Gasteiger partial charge < -0.3 is 10.8 Å². The minimum absolute atomic E-state index is 0.358. The van der Waals surface area contributed by atoms with Gasteiger partial charge in [0, 0.05) is 5.02 Å². The first-order chi connectivity index (χ1) is 5.61. The van der Waals surface area contributed by atoms with Gasteiger partial charge in [0.1, 0.15) is 0 Å². The zero-order chi connectivity index (χ0) is 9.14. The highest BCUT2D eigenvalue weighted by molar-refractivity contribution is 6.30. The Morgan fingerprint density at radius 1 is 1.50 bits per heavy atom. The van der Waals surface area contributed by atoms with E-state index in [-0.39, 0.29) is 6.04 Å². The Hall–Kier alpha value is -0.570. The highest BCUT2D eigenvalue weighted by atomic mass is 35.5. The van der Waals surface area contributed by atoms with Crippen molar-refractivity contribution >= 4 is 11.6 Å². The molecule has 0 aliphatic rings. The van der Waals surface area contributed by atoms with Crippen LogP contribution in [-0.2, 0) is 0 Å². The van der Waals surface area contributed by atoms with E-state index in [4.69, 9.17) is 17.3 Å². The first kappa shape index (κ1) is 9.52. The van der Waals surface area contributed by atoms with E-state index in [0.29, 0.717) is 5.02 Å². The third-order valence-electron chi connectivity index (χ3n) is 1.75. The van der Waals surface area contributed by atoms with Crippen LogP contribution < -0.4 is 5.73 Å². The minimum Gasteiger partial charge on any atom is -0.391 e. The van der Waals surface area contributed by atoms with Crippen LogP contribution in [0, 0.1) is 0 Å². The molecule has 0 saturated carbocycles. The summed E-state index contributed by atoms with van der Waals surface area (Å²) < 4.78 is 0. The van der Waals surface area contributed by atoms with E-state index in [2.05, 4.69) is 0 Å². The predicted molar refractivity (Wildman–Crippen MR) is 50.1 cm³/mol. The number of hydrogen-bond donors (Lipinski definition) is 2. The molecule has 3 heteroatoms. The molecule has 0 fully saturated rings. The zero-order valence-electron chi connectivity index (χ0n) is 6.87. The van der Waals surface area contributed by atoms with Crippen LogP contribution in [0.1, 0.15) is 18.5 Å². The Morgan fingerprint density at radius 2 is 2.17 bits per heavy atom. The summed E-state index contributed by atoms with van der Waals surface area (Å²) in [5, 5.41) is 9.84. The number of rotatable bonds is 2. The van der Waals surface area contributed by atoms with Gasteiger partial charge in [-0.1, -0.05) is 23.7 Å². The molecule has 0 aromatic heterocycles. The molecular formula is C9H12ClNO. The maximum Gasteiger partial charge on any atom is 0.0704 e. The molecule has 0 bridgehead atoms. The van der Waals surface area contributed by atoms with Crippen LogP contribution in [0.25, 0.3) is 0 Å². The maximum atomic E-state index is 9.20. The molecule has 0 aliphatic carbocycles.